The van der Waals surface area contributed by atoms with Crippen molar-refractivity contribution < 1.29 is 28.2 Å². The maximum atomic E-state index is 13.0. The fourth-order valence-electron chi connectivity index (χ4n) is 4.47. The summed E-state index contributed by atoms with van der Waals surface area (Å²) >= 11 is 0. The Morgan fingerprint density at radius 3 is 2.60 bits per heavy atom. The molecule has 186 valence electrons. The van der Waals surface area contributed by atoms with Crippen LogP contribution in [-0.2, 0) is 16.6 Å². The van der Waals surface area contributed by atoms with Crippen LogP contribution in [0.5, 0.6) is 0 Å². The van der Waals surface area contributed by atoms with E-state index in [9.17, 15) is 28.2 Å². The van der Waals surface area contributed by atoms with Gasteiger partial charge in [-0.25, -0.2) is 15.0 Å². The largest absolute Gasteiger partial charge is 0.481 e. The third-order valence-electron chi connectivity index (χ3n) is 6.58. The molecule has 2 heterocycles. The molecule has 4 rings (SSSR count). The zero-order valence-electron chi connectivity index (χ0n) is 19.3. The van der Waals surface area contributed by atoms with Crippen LogP contribution >= 0.6 is 0 Å². The number of carboxylic acid groups (broad SMARTS) is 1. The minimum atomic E-state index is -4.57. The van der Waals surface area contributed by atoms with Gasteiger partial charge in [-0.1, -0.05) is 6.92 Å². The molecule has 0 spiro atoms. The number of imidazole rings is 1. The highest BCUT2D eigenvalue weighted by Gasteiger charge is 2.39. The minimum Gasteiger partial charge on any atom is -0.481 e. The van der Waals surface area contributed by atoms with E-state index >= 15 is 0 Å². The number of rotatable bonds is 6. The highest BCUT2D eigenvalue weighted by molar-refractivity contribution is 5.69. The number of nitrogens with zero attached hydrogens (tertiary/aromatic N) is 4. The Morgan fingerprint density at radius 1 is 1.23 bits per heavy atom. The van der Waals surface area contributed by atoms with Crippen molar-refractivity contribution in [2.24, 2.45) is 11.8 Å². The van der Waals surface area contributed by atoms with E-state index in [4.69, 9.17) is 0 Å². The predicted octanol–water partition coefficient (Wildman–Crippen LogP) is 4.83. The lowest BCUT2D eigenvalue weighted by Gasteiger charge is -2.36. The number of aromatic nitrogens is 4. The molecule has 2 aromatic heterocycles. The van der Waals surface area contributed by atoms with Gasteiger partial charge in [-0.3, -0.25) is 4.79 Å². The van der Waals surface area contributed by atoms with Crippen molar-refractivity contribution in [3.63, 3.8) is 0 Å². The number of hydrogen-bond acceptors (Lipinski definition) is 6. The third kappa shape index (κ3) is 5.45. The first-order valence-electron chi connectivity index (χ1n) is 11.2. The first-order valence-corrected chi connectivity index (χ1v) is 11.2. The molecule has 1 aromatic carbocycles. The Morgan fingerprint density at radius 2 is 1.94 bits per heavy atom. The van der Waals surface area contributed by atoms with Crippen molar-refractivity contribution in [2.45, 2.75) is 51.3 Å². The second-order valence-electron chi connectivity index (χ2n) is 9.11. The molecule has 8 nitrogen and oxygen atoms in total. The number of carbonyl (C=O) groups is 1. The topological polar surface area (TPSA) is 113 Å². The number of aliphatic hydroxyl groups is 1. The van der Waals surface area contributed by atoms with Gasteiger partial charge in [-0.05, 0) is 68.4 Å². The number of alkyl halides is 3. The predicted molar refractivity (Wildman–Crippen MR) is 121 cm³/mol. The van der Waals surface area contributed by atoms with E-state index in [0.29, 0.717) is 42.8 Å². The van der Waals surface area contributed by atoms with Gasteiger partial charge in [0.05, 0.1) is 17.9 Å². The Balaban J connectivity index is 1.53. The number of aryl methyl sites for hydroxylation is 1. The zero-order valence-corrected chi connectivity index (χ0v) is 19.3. The van der Waals surface area contributed by atoms with Crippen LogP contribution in [0.4, 0.5) is 24.8 Å². The zero-order chi connectivity index (χ0) is 25.4. The summed E-state index contributed by atoms with van der Waals surface area (Å²) in [5.74, 6) is -1.46. The highest BCUT2D eigenvalue weighted by Crippen LogP contribution is 2.41. The van der Waals surface area contributed by atoms with Gasteiger partial charge in [-0.15, -0.1) is 0 Å². The summed E-state index contributed by atoms with van der Waals surface area (Å²) in [7, 11) is 0. The fourth-order valence-corrected chi connectivity index (χ4v) is 4.47. The summed E-state index contributed by atoms with van der Waals surface area (Å²) in [6.07, 6.45) is 1.77. The summed E-state index contributed by atoms with van der Waals surface area (Å²) in [5.41, 5.74) is 0.344. The van der Waals surface area contributed by atoms with Crippen molar-refractivity contribution in [3.05, 3.63) is 59.9 Å². The van der Waals surface area contributed by atoms with Crippen LogP contribution in [0, 0.1) is 18.8 Å². The number of benzene rings is 1. The van der Waals surface area contributed by atoms with Gasteiger partial charge in [0.1, 0.15) is 11.3 Å². The summed E-state index contributed by atoms with van der Waals surface area (Å²) in [6, 6.07) is 6.15. The maximum Gasteiger partial charge on any atom is 0.433 e. The molecule has 1 fully saturated rings. The molecular formula is C24H26F3N5O3. The average molecular weight is 489 g/mol. The molecule has 3 aromatic rings. The molecule has 1 atom stereocenters. The lowest BCUT2D eigenvalue weighted by Crippen LogP contribution is -2.35. The Kier molecular flexibility index (Phi) is 6.54. The fraction of sp³-hybridized carbons (Fsp3) is 0.417. The molecule has 1 unspecified atom stereocenters. The van der Waals surface area contributed by atoms with Crippen LogP contribution in [0.1, 0.15) is 49.6 Å². The van der Waals surface area contributed by atoms with E-state index in [1.54, 1.807) is 36.1 Å². The van der Waals surface area contributed by atoms with Crippen molar-refractivity contribution in [1.82, 2.24) is 19.5 Å². The summed E-state index contributed by atoms with van der Waals surface area (Å²) < 4.78 is 40.6. The van der Waals surface area contributed by atoms with Crippen LogP contribution in [0.15, 0.2) is 43.0 Å². The maximum absolute atomic E-state index is 13.0. The quantitative estimate of drug-likeness (QED) is 0.454. The highest BCUT2D eigenvalue weighted by atomic mass is 19.4. The molecule has 0 bridgehead atoms. The molecule has 3 N–H and O–H groups in total. The number of halogens is 3. The molecule has 35 heavy (non-hydrogen) atoms. The smallest absolute Gasteiger partial charge is 0.433 e. The van der Waals surface area contributed by atoms with Gasteiger partial charge in [0, 0.05) is 23.8 Å². The molecular weight excluding hydrogens is 463 g/mol. The van der Waals surface area contributed by atoms with Crippen LogP contribution in [0.25, 0.3) is 5.69 Å². The van der Waals surface area contributed by atoms with Gasteiger partial charge in [0.25, 0.3) is 0 Å². The standard InChI is InChI=1S/C24H26F3N5O3/c1-14-9-17(30-22-28-8-5-19(31-22)24(25,26)27)11-18(10-14)32-12-20(29-13-32)23(35)6-3-16(4-7-23)15(2)21(33)34/h5,8-13,15-16,35H,3-4,6-7H2,1-2H3,(H,33,34)(H,28,30,31)/t15?,16-,23+. The molecule has 1 saturated carbocycles. The molecule has 1 aliphatic carbocycles. The second-order valence-corrected chi connectivity index (χ2v) is 9.11. The molecule has 1 aliphatic rings. The van der Waals surface area contributed by atoms with Crippen molar-refractivity contribution in [1.29, 1.82) is 0 Å². The van der Waals surface area contributed by atoms with E-state index in [1.165, 1.54) is 0 Å². The van der Waals surface area contributed by atoms with Crippen molar-refractivity contribution in [3.8, 4) is 5.69 Å². The average Bonchev–Trinajstić information content (AvgIpc) is 3.30. The number of nitrogens with one attached hydrogen (secondary N) is 1. The normalized spacial score (nSPS) is 21.5. The van der Waals surface area contributed by atoms with E-state index < -0.39 is 29.4 Å². The number of hydrogen-bond donors (Lipinski definition) is 3. The van der Waals surface area contributed by atoms with E-state index in [2.05, 4.69) is 20.3 Å². The molecule has 11 heteroatoms. The number of aliphatic carboxylic acids is 1. The van der Waals surface area contributed by atoms with Crippen LogP contribution in [0.3, 0.4) is 0 Å². The Bertz CT molecular complexity index is 1220. The van der Waals surface area contributed by atoms with E-state index in [0.717, 1.165) is 17.8 Å². The third-order valence-corrected chi connectivity index (χ3v) is 6.58. The summed E-state index contributed by atoms with van der Waals surface area (Å²) in [5, 5.41) is 23.3. The molecule has 0 aliphatic heterocycles. The Labute approximate surface area is 199 Å². The summed E-state index contributed by atoms with van der Waals surface area (Å²) in [4.78, 5) is 23.1. The number of carboxylic acids is 1. The Hall–Kier alpha value is -3.47. The SMILES string of the molecule is Cc1cc(Nc2nccc(C(F)(F)F)n2)cc(-n2cnc([C@]3(O)CC[C@@H](C(C)C(=O)O)CC3)c2)c1. The molecule has 0 saturated heterocycles. The first kappa shape index (κ1) is 24.6. The van der Waals surface area contributed by atoms with Crippen molar-refractivity contribution >= 4 is 17.6 Å². The van der Waals surface area contributed by atoms with Gasteiger partial charge < -0.3 is 20.1 Å². The van der Waals surface area contributed by atoms with E-state index in [1.807, 2.05) is 13.0 Å². The second kappa shape index (κ2) is 9.29. The van der Waals surface area contributed by atoms with E-state index in [-0.39, 0.29) is 11.9 Å². The monoisotopic (exact) mass is 489 g/mol. The van der Waals surface area contributed by atoms with Gasteiger partial charge in [0.15, 0.2) is 0 Å². The lowest BCUT2D eigenvalue weighted by atomic mass is 9.73. The number of anilines is 2. The van der Waals surface area contributed by atoms with Gasteiger partial charge in [0.2, 0.25) is 5.95 Å². The van der Waals surface area contributed by atoms with Crippen LogP contribution in [-0.4, -0.2) is 35.7 Å². The van der Waals surface area contributed by atoms with Crippen molar-refractivity contribution in [2.75, 3.05) is 5.32 Å². The van der Waals surface area contributed by atoms with Crippen LogP contribution in [0.2, 0.25) is 0 Å². The van der Waals surface area contributed by atoms with Gasteiger partial charge >= 0.3 is 12.1 Å². The molecule has 0 amide bonds. The van der Waals surface area contributed by atoms with Gasteiger partial charge in [-0.2, -0.15) is 13.2 Å². The molecule has 0 radical (unpaired) electrons. The minimum absolute atomic E-state index is 0.0123. The lowest BCUT2D eigenvalue weighted by molar-refractivity contribution is -0.144. The van der Waals surface area contributed by atoms with Crippen LogP contribution < -0.4 is 5.32 Å². The first-order chi connectivity index (χ1) is 16.4. The summed E-state index contributed by atoms with van der Waals surface area (Å²) in [6.45, 7) is 3.54.